The predicted octanol–water partition coefficient (Wildman–Crippen LogP) is 8.17. The van der Waals surface area contributed by atoms with Crippen molar-refractivity contribution >= 4 is 26.6 Å². The summed E-state index contributed by atoms with van der Waals surface area (Å²) in [6, 6.07) is 53.0. The molecule has 4 nitrogen and oxygen atoms in total. The molecule has 0 aromatic heterocycles. The minimum absolute atomic E-state index is 0.160. The quantitative estimate of drug-likeness (QED) is 0.181. The molecule has 0 saturated carbocycles. The largest absolute Gasteiger partial charge is 0.333 e. The first-order valence-corrected chi connectivity index (χ1v) is 16.3. The Morgan fingerprint density at radius 1 is 0.644 bits per heavy atom. The third-order valence-corrected chi connectivity index (χ3v) is 9.59. The molecule has 5 heteroatoms. The molecule has 0 unspecified atom stereocenters. The lowest BCUT2D eigenvalue weighted by atomic mass is 9.65. The molecule has 6 aromatic rings. The van der Waals surface area contributed by atoms with Gasteiger partial charge in [-0.15, -0.1) is 4.40 Å². The second-order valence-electron chi connectivity index (χ2n) is 11.1. The van der Waals surface area contributed by atoms with Crippen LogP contribution in [0.5, 0.6) is 0 Å². The van der Waals surface area contributed by atoms with Crippen molar-refractivity contribution < 1.29 is 8.42 Å². The van der Waals surface area contributed by atoms with Gasteiger partial charge < -0.3 is 4.90 Å². The number of hydrogen-bond acceptors (Lipinski definition) is 2. The monoisotopic (exact) mass is 602 g/mol. The SMILES string of the molecule is O=S(=O)(/N=C1\[C@@H](c2ccccc2)[C@@](C#Cc2ccccc2)(c2ccccc2)N1Cc1ccccc1)c1ccc2ccccc2c1. The van der Waals surface area contributed by atoms with E-state index in [1.54, 1.807) is 12.1 Å². The fourth-order valence-electron chi connectivity index (χ4n) is 6.14. The Morgan fingerprint density at radius 2 is 1.22 bits per heavy atom. The average Bonchev–Trinajstić information content (AvgIpc) is 3.10. The Balaban J connectivity index is 1.47. The molecular formula is C40H30N2O2S. The maximum Gasteiger partial charge on any atom is 0.283 e. The van der Waals surface area contributed by atoms with E-state index in [4.69, 9.17) is 0 Å². The van der Waals surface area contributed by atoms with Crippen LogP contribution in [0, 0.1) is 11.8 Å². The van der Waals surface area contributed by atoms with Gasteiger partial charge in [0.1, 0.15) is 11.4 Å². The molecule has 6 aromatic carbocycles. The van der Waals surface area contributed by atoms with Crippen LogP contribution < -0.4 is 0 Å². The zero-order valence-corrected chi connectivity index (χ0v) is 25.3. The zero-order chi connectivity index (χ0) is 30.7. The van der Waals surface area contributed by atoms with Crippen molar-refractivity contribution in [1.29, 1.82) is 0 Å². The number of benzene rings is 6. The summed E-state index contributed by atoms with van der Waals surface area (Å²) in [6.07, 6.45) is 0. The number of amidine groups is 1. The van der Waals surface area contributed by atoms with Crippen LogP contribution in [-0.4, -0.2) is 19.2 Å². The standard InChI is InChI=1S/C40H30N2O2S/c43-45(44,37-26-25-33-19-13-14-22-35(33)29-37)41-39-38(34-20-9-3-10-21-34)40(36-23-11-4-12-24-36,28-27-31-15-5-1-6-16-31)42(39)30-32-17-7-2-8-18-32/h1-26,29,38H,30H2/b41-39+/t38-,40-/m1/s1. The molecule has 45 heavy (non-hydrogen) atoms. The van der Waals surface area contributed by atoms with E-state index in [2.05, 4.69) is 33.3 Å². The highest BCUT2D eigenvalue weighted by molar-refractivity contribution is 7.90. The van der Waals surface area contributed by atoms with Crippen molar-refractivity contribution in [2.45, 2.75) is 22.9 Å². The lowest BCUT2D eigenvalue weighted by molar-refractivity contribution is 0.140. The summed E-state index contributed by atoms with van der Waals surface area (Å²) >= 11 is 0. The number of rotatable bonds is 6. The molecular weight excluding hydrogens is 573 g/mol. The van der Waals surface area contributed by atoms with E-state index >= 15 is 0 Å². The highest BCUT2D eigenvalue weighted by Crippen LogP contribution is 2.53. The fourth-order valence-corrected chi connectivity index (χ4v) is 7.21. The second-order valence-corrected chi connectivity index (χ2v) is 12.7. The Kier molecular flexibility index (Phi) is 7.51. The third kappa shape index (κ3) is 5.42. The Hall–Kier alpha value is -5.44. The first-order valence-electron chi connectivity index (χ1n) is 14.9. The van der Waals surface area contributed by atoms with Crippen LogP contribution in [0.2, 0.25) is 0 Å². The fraction of sp³-hybridized carbons (Fsp3) is 0.0750. The van der Waals surface area contributed by atoms with E-state index in [1.807, 2.05) is 140 Å². The van der Waals surface area contributed by atoms with Crippen LogP contribution in [0.15, 0.2) is 173 Å². The highest BCUT2D eigenvalue weighted by Gasteiger charge is 2.59. The summed E-state index contributed by atoms with van der Waals surface area (Å²) in [5, 5.41) is 1.82. The molecule has 218 valence electrons. The lowest BCUT2D eigenvalue weighted by Gasteiger charge is -2.58. The van der Waals surface area contributed by atoms with Gasteiger partial charge in [-0.3, -0.25) is 0 Å². The predicted molar refractivity (Wildman–Crippen MR) is 181 cm³/mol. The van der Waals surface area contributed by atoms with E-state index in [0.717, 1.165) is 33.0 Å². The summed E-state index contributed by atoms with van der Waals surface area (Å²) in [5.74, 6) is 7.12. The molecule has 1 saturated heterocycles. The van der Waals surface area contributed by atoms with Crippen LogP contribution in [0.4, 0.5) is 0 Å². The van der Waals surface area contributed by atoms with Gasteiger partial charge in [0.15, 0.2) is 0 Å². The van der Waals surface area contributed by atoms with Gasteiger partial charge in [0, 0.05) is 12.1 Å². The minimum Gasteiger partial charge on any atom is -0.333 e. The molecule has 0 aliphatic carbocycles. The molecule has 0 spiro atoms. The van der Waals surface area contributed by atoms with Gasteiger partial charge in [-0.05, 0) is 51.7 Å². The number of hydrogen-bond donors (Lipinski definition) is 0. The average molecular weight is 603 g/mol. The first-order chi connectivity index (χ1) is 22.0. The topological polar surface area (TPSA) is 49.7 Å². The van der Waals surface area contributed by atoms with Crippen LogP contribution in [0.1, 0.15) is 28.2 Å². The first kappa shape index (κ1) is 28.3. The number of nitrogens with zero attached hydrogens (tertiary/aromatic N) is 2. The van der Waals surface area contributed by atoms with Gasteiger partial charge >= 0.3 is 0 Å². The van der Waals surface area contributed by atoms with Gasteiger partial charge in [0.05, 0.1) is 10.8 Å². The van der Waals surface area contributed by atoms with Gasteiger partial charge in [-0.25, -0.2) is 0 Å². The van der Waals surface area contributed by atoms with Gasteiger partial charge in [0.2, 0.25) is 0 Å². The summed E-state index contributed by atoms with van der Waals surface area (Å²) in [7, 11) is -4.08. The van der Waals surface area contributed by atoms with E-state index in [-0.39, 0.29) is 4.90 Å². The summed E-state index contributed by atoms with van der Waals surface area (Å²) in [4.78, 5) is 2.23. The Morgan fingerprint density at radius 3 is 1.91 bits per heavy atom. The van der Waals surface area contributed by atoms with Gasteiger partial charge in [-0.1, -0.05) is 151 Å². The maximum absolute atomic E-state index is 14.1. The molecule has 0 bridgehead atoms. The molecule has 1 fully saturated rings. The highest BCUT2D eigenvalue weighted by atomic mass is 32.2. The van der Waals surface area contributed by atoms with Crippen LogP contribution in [-0.2, 0) is 22.1 Å². The Bertz CT molecular complexity index is 2160. The molecule has 1 aliphatic heterocycles. The third-order valence-electron chi connectivity index (χ3n) is 8.31. The van der Waals surface area contributed by atoms with Crippen molar-refractivity contribution in [1.82, 2.24) is 4.90 Å². The summed E-state index contributed by atoms with van der Waals surface area (Å²) in [5.41, 5.74) is 2.93. The van der Waals surface area contributed by atoms with Crippen molar-refractivity contribution in [2.24, 2.45) is 4.40 Å². The van der Waals surface area contributed by atoms with E-state index in [0.29, 0.717) is 12.4 Å². The van der Waals surface area contributed by atoms with Crippen molar-refractivity contribution in [3.05, 3.63) is 186 Å². The van der Waals surface area contributed by atoms with E-state index in [9.17, 15) is 8.42 Å². The Labute approximate surface area is 264 Å². The molecule has 2 atom stereocenters. The van der Waals surface area contributed by atoms with Crippen molar-refractivity contribution in [3.63, 3.8) is 0 Å². The molecule has 0 N–H and O–H groups in total. The summed E-state index contributed by atoms with van der Waals surface area (Å²) in [6.45, 7) is 0.425. The van der Waals surface area contributed by atoms with Crippen molar-refractivity contribution in [2.75, 3.05) is 0 Å². The normalized spacial score (nSPS) is 18.6. The minimum atomic E-state index is -4.08. The molecule has 0 radical (unpaired) electrons. The van der Waals surface area contributed by atoms with Gasteiger partial charge in [-0.2, -0.15) is 8.42 Å². The number of likely N-dealkylation sites (tertiary alicyclic amines) is 1. The molecule has 1 heterocycles. The van der Waals surface area contributed by atoms with Crippen LogP contribution >= 0.6 is 0 Å². The van der Waals surface area contributed by atoms with Gasteiger partial charge in [0.25, 0.3) is 10.0 Å². The maximum atomic E-state index is 14.1. The molecule has 0 amide bonds. The smallest absolute Gasteiger partial charge is 0.283 e. The number of fused-ring (bicyclic) bond motifs is 1. The molecule has 1 aliphatic rings. The van der Waals surface area contributed by atoms with Crippen molar-refractivity contribution in [3.8, 4) is 11.8 Å². The lowest BCUT2D eigenvalue weighted by Crippen LogP contribution is -2.66. The second kappa shape index (κ2) is 11.9. The van der Waals surface area contributed by atoms with Crippen LogP contribution in [0.25, 0.3) is 10.8 Å². The zero-order valence-electron chi connectivity index (χ0n) is 24.5. The molecule has 7 rings (SSSR count). The van der Waals surface area contributed by atoms with E-state index in [1.165, 1.54) is 0 Å². The number of sulfonamides is 1. The van der Waals surface area contributed by atoms with Crippen LogP contribution in [0.3, 0.4) is 0 Å². The summed E-state index contributed by atoms with van der Waals surface area (Å²) < 4.78 is 32.9. The van der Waals surface area contributed by atoms with E-state index < -0.39 is 21.5 Å².